The predicted octanol–water partition coefficient (Wildman–Crippen LogP) is 5.93. The summed E-state index contributed by atoms with van der Waals surface area (Å²) in [5, 5.41) is 7.13. The van der Waals surface area contributed by atoms with Gasteiger partial charge in [-0.15, -0.1) is 0 Å². The van der Waals surface area contributed by atoms with E-state index in [0.717, 1.165) is 25.9 Å². The van der Waals surface area contributed by atoms with Crippen molar-refractivity contribution in [2.45, 2.75) is 32.5 Å². The molecular weight excluding hydrogens is 795 g/mol. The van der Waals surface area contributed by atoms with Crippen molar-refractivity contribution in [3.63, 3.8) is 0 Å². The molecule has 2 aromatic carbocycles. The summed E-state index contributed by atoms with van der Waals surface area (Å²) in [6.07, 6.45) is 0.0220. The first kappa shape index (κ1) is 43.7. The number of halogens is 6. The van der Waals surface area contributed by atoms with Crippen LogP contribution in [-0.2, 0) is 27.9 Å². The number of hydrogen-bond acceptors (Lipinski definition) is 8. The molecule has 0 atom stereocenters. The zero-order valence-electron chi connectivity index (χ0n) is 32.5. The summed E-state index contributed by atoms with van der Waals surface area (Å²) in [6.45, 7) is 6.06. The fourth-order valence-corrected chi connectivity index (χ4v) is 7.11. The molecule has 4 heterocycles. The first-order valence-corrected chi connectivity index (χ1v) is 18.5. The molecule has 0 radical (unpaired) electrons. The number of piperazine rings is 1. The summed E-state index contributed by atoms with van der Waals surface area (Å²) in [4.78, 5) is 56.8. The van der Waals surface area contributed by atoms with E-state index in [-0.39, 0.29) is 45.2 Å². The van der Waals surface area contributed by atoms with Crippen molar-refractivity contribution in [2.24, 2.45) is 7.05 Å². The van der Waals surface area contributed by atoms with E-state index in [4.69, 9.17) is 16.3 Å². The van der Waals surface area contributed by atoms with Crippen molar-refractivity contribution >= 4 is 41.1 Å². The molecule has 14 nitrogen and oxygen atoms in total. The largest absolute Gasteiger partial charge is 0.490 e. The van der Waals surface area contributed by atoms with Crippen LogP contribution in [0.2, 0.25) is 5.02 Å². The molecule has 312 valence electrons. The topological polar surface area (TPSA) is 141 Å². The van der Waals surface area contributed by atoms with Crippen LogP contribution in [-0.4, -0.2) is 131 Å². The lowest BCUT2D eigenvalue weighted by Crippen LogP contribution is -2.59. The summed E-state index contributed by atoms with van der Waals surface area (Å²) in [6, 6.07) is 7.61. The molecule has 0 saturated carbocycles. The Morgan fingerprint density at radius 2 is 1.53 bits per heavy atom. The minimum absolute atomic E-state index is 0.0482. The number of ether oxygens (including phenoxy) is 2. The molecule has 20 heteroatoms. The number of nitrogens with zero attached hydrogens (tertiary/aromatic N) is 7. The number of methoxy groups -OCH3 is 2. The molecule has 0 unspecified atom stereocenters. The summed E-state index contributed by atoms with van der Waals surface area (Å²) < 4.78 is 75.7. The molecule has 2 saturated heterocycles. The highest BCUT2D eigenvalue weighted by Crippen LogP contribution is 2.33. The number of amides is 4. The van der Waals surface area contributed by atoms with Crippen LogP contribution in [0.25, 0.3) is 22.4 Å². The van der Waals surface area contributed by atoms with Crippen LogP contribution in [0.1, 0.15) is 39.5 Å². The highest BCUT2D eigenvalue weighted by Gasteiger charge is 2.41. The lowest BCUT2D eigenvalue weighted by Gasteiger charge is -2.38. The van der Waals surface area contributed by atoms with Crippen molar-refractivity contribution in [1.82, 2.24) is 29.1 Å². The molecule has 2 fully saturated rings. The number of imidazole rings is 1. The van der Waals surface area contributed by atoms with Crippen LogP contribution < -0.4 is 5.32 Å². The molecule has 0 bridgehead atoms. The van der Waals surface area contributed by atoms with Gasteiger partial charge in [0.05, 0.1) is 69.1 Å². The van der Waals surface area contributed by atoms with Crippen LogP contribution >= 0.6 is 11.6 Å². The number of hydrogen-bond donors (Lipinski definition) is 1. The van der Waals surface area contributed by atoms with Gasteiger partial charge in [-0.3, -0.25) is 19.2 Å². The van der Waals surface area contributed by atoms with Gasteiger partial charge in [0.1, 0.15) is 0 Å². The molecule has 0 aliphatic carbocycles. The number of nitrogens with one attached hydrogen (secondary N) is 1. The van der Waals surface area contributed by atoms with Crippen LogP contribution in [0.15, 0.2) is 42.7 Å². The zero-order valence-corrected chi connectivity index (χ0v) is 33.2. The number of benzene rings is 2. The molecule has 2 aliphatic rings. The van der Waals surface area contributed by atoms with E-state index in [0.29, 0.717) is 67.9 Å². The van der Waals surface area contributed by atoms with Gasteiger partial charge in [-0.2, -0.15) is 18.3 Å². The van der Waals surface area contributed by atoms with Gasteiger partial charge in [0, 0.05) is 81.2 Å². The maximum absolute atomic E-state index is 15.5. The van der Waals surface area contributed by atoms with Crippen LogP contribution in [0, 0.1) is 18.6 Å². The normalized spacial score (nSPS) is 15.2. The molecule has 4 aromatic rings. The number of quaternary nitrogens is 1. The molecule has 4 amide bonds. The number of rotatable bonds is 8. The lowest BCUT2D eigenvalue weighted by molar-refractivity contribution is -0.820. The molecule has 0 spiro atoms. The van der Waals surface area contributed by atoms with Crippen molar-refractivity contribution in [3.8, 4) is 22.4 Å². The summed E-state index contributed by atoms with van der Waals surface area (Å²) in [7, 11) is 5.76. The molecular formula is C38H43ClF5N8O6+. The van der Waals surface area contributed by atoms with Gasteiger partial charge in [0.15, 0.2) is 17.5 Å². The molecule has 58 heavy (non-hydrogen) atoms. The second-order valence-electron chi connectivity index (χ2n) is 13.9. The number of alkyl halides is 3. The Bertz CT molecular complexity index is 2180. The monoisotopic (exact) mass is 837 g/mol. The first-order chi connectivity index (χ1) is 27.4. The van der Waals surface area contributed by atoms with E-state index in [1.54, 1.807) is 35.7 Å². The van der Waals surface area contributed by atoms with E-state index < -0.39 is 29.7 Å². The maximum Gasteiger partial charge on any atom is 0.490 e. The van der Waals surface area contributed by atoms with Gasteiger partial charge >= 0.3 is 18.2 Å². The Morgan fingerprint density at radius 1 is 0.914 bits per heavy atom. The fraction of sp³-hybridized carbons (Fsp3) is 0.421. The van der Waals surface area contributed by atoms with Gasteiger partial charge in [0.25, 0.3) is 11.8 Å². The zero-order chi connectivity index (χ0) is 42.5. The van der Waals surface area contributed by atoms with Crippen molar-refractivity contribution in [2.75, 3.05) is 72.5 Å². The average molecular weight is 838 g/mol. The molecule has 1 N–H and O–H groups in total. The van der Waals surface area contributed by atoms with Crippen molar-refractivity contribution < 1.29 is 55.1 Å². The van der Waals surface area contributed by atoms with Gasteiger partial charge < -0.3 is 24.3 Å². The molecule has 2 aliphatic heterocycles. The standard InChI is InChI=1S/C35H39ClF2N8O4.C3H3F3O2/c1-22-27(20-40-45(22)15-18-50-4)24-9-10-26(31(38)30(24)37)29-21-39-32(42(29)2)33(47)41-23-7-8-25(28(36)19-23)34(48)43-11-13-44(14-12-43)35(49)46(3)16-5-6-17-46;1-8-2(7)3(4,5)6/h7-10,19-21H,5-6,11-18H2,1-4H3;1H3/p+1. The first-order valence-electron chi connectivity index (χ1n) is 18.1. The van der Waals surface area contributed by atoms with E-state index in [9.17, 15) is 32.3 Å². The Kier molecular flexibility index (Phi) is 13.6. The Balaban J connectivity index is 0.000000725. The second-order valence-corrected chi connectivity index (χ2v) is 14.3. The lowest BCUT2D eigenvalue weighted by atomic mass is 10.0. The molecule has 2 aromatic heterocycles. The summed E-state index contributed by atoms with van der Waals surface area (Å²) in [5.41, 5.74) is 1.93. The van der Waals surface area contributed by atoms with E-state index in [1.165, 1.54) is 42.2 Å². The summed E-state index contributed by atoms with van der Waals surface area (Å²) >= 11 is 6.52. The molecule has 6 rings (SSSR count). The second kappa shape index (κ2) is 18.0. The van der Waals surface area contributed by atoms with Crippen molar-refractivity contribution in [1.29, 1.82) is 0 Å². The van der Waals surface area contributed by atoms with E-state index in [1.807, 2.05) is 11.9 Å². The fourth-order valence-electron chi connectivity index (χ4n) is 6.85. The number of esters is 1. The van der Waals surface area contributed by atoms with Crippen LogP contribution in [0.5, 0.6) is 0 Å². The van der Waals surface area contributed by atoms with Gasteiger partial charge in [-0.05, 0) is 31.2 Å². The van der Waals surface area contributed by atoms with E-state index >= 15 is 8.78 Å². The smallest absolute Gasteiger partial charge is 0.462 e. The van der Waals surface area contributed by atoms with Crippen LogP contribution in [0.4, 0.5) is 32.4 Å². The Morgan fingerprint density at radius 3 is 2.12 bits per heavy atom. The van der Waals surface area contributed by atoms with Crippen LogP contribution in [0.3, 0.4) is 0 Å². The number of likely N-dealkylation sites (tertiary alicyclic amines) is 1. The third-order valence-corrected chi connectivity index (χ3v) is 10.5. The Labute approximate surface area is 335 Å². The predicted molar refractivity (Wildman–Crippen MR) is 202 cm³/mol. The highest BCUT2D eigenvalue weighted by atomic mass is 35.5. The summed E-state index contributed by atoms with van der Waals surface area (Å²) in [5.74, 6) is -5.21. The number of aromatic nitrogens is 4. The number of anilines is 1. The number of carbonyl (C=O) groups excluding carboxylic acids is 4. The van der Waals surface area contributed by atoms with Gasteiger partial charge in [-0.25, -0.2) is 27.8 Å². The quantitative estimate of drug-likeness (QED) is 0.131. The minimum atomic E-state index is -4.85. The number of urea groups is 1. The third kappa shape index (κ3) is 9.32. The highest BCUT2D eigenvalue weighted by molar-refractivity contribution is 6.34. The maximum atomic E-state index is 15.5. The minimum Gasteiger partial charge on any atom is -0.462 e. The van der Waals surface area contributed by atoms with E-state index in [2.05, 4.69) is 20.1 Å². The average Bonchev–Trinajstić information content (AvgIpc) is 3.92. The third-order valence-electron chi connectivity index (χ3n) is 10.2. The Hall–Kier alpha value is -5.40. The number of carbonyl (C=O) groups is 4. The van der Waals surface area contributed by atoms with Gasteiger partial charge in [-0.1, -0.05) is 17.7 Å². The van der Waals surface area contributed by atoms with Crippen molar-refractivity contribution in [3.05, 3.63) is 76.5 Å². The SMILES string of the molecule is COC(=O)C(F)(F)F.COCCn1ncc(-c2ccc(-c3cnc(C(=O)Nc4ccc(C(=O)N5CCN(C(=O)[N+]6(C)CCCC6)CC5)c(Cl)c4)n3C)c(F)c2F)c1C. The van der Waals surface area contributed by atoms with Gasteiger partial charge in [0.2, 0.25) is 0 Å².